The third-order valence-electron chi connectivity index (χ3n) is 3.78. The van der Waals surface area contributed by atoms with Crippen LogP contribution in [0.5, 0.6) is 0 Å². The number of carbonyl (C=O) groups is 3. The van der Waals surface area contributed by atoms with Crippen molar-refractivity contribution < 1.29 is 34.4 Å². The molecule has 0 saturated carbocycles. The predicted molar refractivity (Wildman–Crippen MR) is 81.1 cm³/mol. The molecule has 0 aromatic heterocycles. The van der Waals surface area contributed by atoms with Gasteiger partial charge in [0.15, 0.2) is 18.0 Å². The maximum Gasteiger partial charge on any atom is 0.338 e. The fourth-order valence-corrected chi connectivity index (χ4v) is 2.39. The summed E-state index contributed by atoms with van der Waals surface area (Å²) < 4.78 is 4.76. The Kier molecular flexibility index (Phi) is 6.02. The number of carboxylic acid groups (broad SMARTS) is 1. The number of esters is 1. The lowest BCUT2D eigenvalue weighted by Gasteiger charge is -2.28. The van der Waals surface area contributed by atoms with E-state index in [1.807, 2.05) is 6.07 Å². The first kappa shape index (κ1) is 18.1. The molecule has 0 amide bonds. The Morgan fingerprint density at radius 2 is 1.92 bits per heavy atom. The highest BCUT2D eigenvalue weighted by Gasteiger charge is 2.39. The van der Waals surface area contributed by atoms with Gasteiger partial charge in [0, 0.05) is 6.42 Å². The summed E-state index contributed by atoms with van der Waals surface area (Å²) in [6, 6.07) is 7.96. The number of hydrogen-bond donors (Lipinski definition) is 4. The summed E-state index contributed by atoms with van der Waals surface area (Å²) in [5.74, 6) is -2.73. The lowest BCUT2D eigenvalue weighted by molar-refractivity contribution is -0.181. The maximum atomic E-state index is 12.0. The smallest absolute Gasteiger partial charge is 0.338 e. The molecule has 24 heavy (non-hydrogen) atoms. The number of ether oxygens (including phenoxy) is 1. The van der Waals surface area contributed by atoms with Gasteiger partial charge in [-0.15, -0.1) is 0 Å². The molecule has 130 valence electrons. The van der Waals surface area contributed by atoms with Gasteiger partial charge in [-0.3, -0.25) is 14.9 Å². The number of hydrogen-bond acceptors (Lipinski definition) is 7. The molecule has 4 atom stereocenters. The Morgan fingerprint density at radius 3 is 2.50 bits per heavy atom. The summed E-state index contributed by atoms with van der Waals surface area (Å²) in [6.07, 6.45) is -4.26. The average molecular weight is 337 g/mol. The fraction of sp³-hybridized carbons (Fsp3) is 0.438. The third kappa shape index (κ3) is 4.60. The first-order chi connectivity index (χ1) is 11.4. The minimum absolute atomic E-state index is 0.190. The highest BCUT2D eigenvalue weighted by molar-refractivity contribution is 5.89. The standard InChI is InChI=1S/C16H19NO7/c18-11-7-13(24-16(23)14(11)20)12(19)8-17-10(15(21)22)6-9-4-2-1-3-5-9/h1-5,10-11,13-14,17-18,20H,6-8H2,(H,21,22)/t10-,11?,13?,14?/m1/s1. The van der Waals surface area contributed by atoms with Crippen molar-refractivity contribution in [2.45, 2.75) is 37.2 Å². The lowest BCUT2D eigenvalue weighted by atomic mass is 10.00. The van der Waals surface area contributed by atoms with Crippen LogP contribution in [0.2, 0.25) is 0 Å². The van der Waals surface area contributed by atoms with Crippen LogP contribution in [0.3, 0.4) is 0 Å². The van der Waals surface area contributed by atoms with Crippen molar-refractivity contribution in [2.24, 2.45) is 0 Å². The quantitative estimate of drug-likeness (QED) is 0.460. The molecule has 1 aromatic carbocycles. The molecule has 0 radical (unpaired) electrons. The van der Waals surface area contributed by atoms with Gasteiger partial charge in [-0.25, -0.2) is 4.79 Å². The molecule has 8 nitrogen and oxygen atoms in total. The number of aliphatic carboxylic acids is 1. The van der Waals surface area contributed by atoms with Gasteiger partial charge in [0.2, 0.25) is 0 Å². The summed E-state index contributed by atoms with van der Waals surface area (Å²) >= 11 is 0. The van der Waals surface area contributed by atoms with E-state index in [-0.39, 0.29) is 19.4 Å². The minimum Gasteiger partial charge on any atom is -0.480 e. The van der Waals surface area contributed by atoms with Gasteiger partial charge in [0.1, 0.15) is 6.04 Å². The van der Waals surface area contributed by atoms with Gasteiger partial charge in [-0.2, -0.15) is 0 Å². The molecule has 3 unspecified atom stereocenters. The normalized spacial score (nSPS) is 24.9. The summed E-state index contributed by atoms with van der Waals surface area (Å²) in [6.45, 7) is -0.329. The lowest BCUT2D eigenvalue weighted by Crippen LogP contribution is -2.50. The van der Waals surface area contributed by atoms with Gasteiger partial charge < -0.3 is 20.1 Å². The summed E-state index contributed by atoms with van der Waals surface area (Å²) in [5.41, 5.74) is 0.799. The van der Waals surface area contributed by atoms with Crippen molar-refractivity contribution in [1.29, 1.82) is 0 Å². The molecule has 0 spiro atoms. The summed E-state index contributed by atoms with van der Waals surface area (Å²) in [7, 11) is 0. The predicted octanol–water partition coefficient (Wildman–Crippen LogP) is -1.12. The summed E-state index contributed by atoms with van der Waals surface area (Å²) in [4.78, 5) is 34.7. The maximum absolute atomic E-state index is 12.0. The van der Waals surface area contributed by atoms with Crippen molar-refractivity contribution >= 4 is 17.7 Å². The number of nitrogens with one attached hydrogen (secondary N) is 1. The van der Waals surface area contributed by atoms with Crippen molar-refractivity contribution in [3.63, 3.8) is 0 Å². The van der Waals surface area contributed by atoms with Crippen LogP contribution in [0.25, 0.3) is 0 Å². The number of carbonyl (C=O) groups excluding carboxylic acids is 2. The second-order valence-electron chi connectivity index (χ2n) is 5.60. The second-order valence-corrected chi connectivity index (χ2v) is 5.60. The van der Waals surface area contributed by atoms with Crippen molar-refractivity contribution in [1.82, 2.24) is 5.32 Å². The van der Waals surface area contributed by atoms with Gasteiger partial charge >= 0.3 is 11.9 Å². The van der Waals surface area contributed by atoms with Crippen LogP contribution in [0.15, 0.2) is 30.3 Å². The van der Waals surface area contributed by atoms with Crippen molar-refractivity contribution in [3.05, 3.63) is 35.9 Å². The Balaban J connectivity index is 1.91. The van der Waals surface area contributed by atoms with E-state index in [2.05, 4.69) is 5.32 Å². The number of Topliss-reactive ketones (excluding diaryl/α,β-unsaturated/α-hetero) is 1. The molecule has 1 aromatic rings. The van der Waals surface area contributed by atoms with E-state index >= 15 is 0 Å². The Morgan fingerprint density at radius 1 is 1.25 bits per heavy atom. The first-order valence-corrected chi connectivity index (χ1v) is 7.48. The zero-order chi connectivity index (χ0) is 17.7. The Bertz CT molecular complexity index is 604. The molecule has 1 aliphatic rings. The topological polar surface area (TPSA) is 133 Å². The molecule has 1 heterocycles. The monoisotopic (exact) mass is 337 g/mol. The van der Waals surface area contributed by atoms with E-state index < -0.39 is 42.1 Å². The molecular formula is C16H19NO7. The number of rotatable bonds is 7. The summed E-state index contributed by atoms with van der Waals surface area (Å²) in [5, 5.41) is 30.6. The number of cyclic esters (lactones) is 1. The van der Waals surface area contributed by atoms with Gasteiger partial charge in [0.25, 0.3) is 0 Å². The van der Waals surface area contributed by atoms with Crippen LogP contribution in [0.1, 0.15) is 12.0 Å². The molecule has 1 saturated heterocycles. The van der Waals surface area contributed by atoms with E-state index in [1.165, 1.54) is 0 Å². The minimum atomic E-state index is -1.66. The molecule has 0 bridgehead atoms. The van der Waals surface area contributed by atoms with Crippen LogP contribution in [-0.2, 0) is 25.5 Å². The van der Waals surface area contributed by atoms with Crippen LogP contribution in [0, 0.1) is 0 Å². The molecule has 1 aliphatic heterocycles. The molecule has 2 rings (SSSR count). The SMILES string of the molecule is O=C(CN[C@H](Cc1ccccc1)C(=O)O)C1CC(O)C(O)C(=O)O1. The van der Waals surface area contributed by atoms with Crippen LogP contribution in [-0.4, -0.2) is 63.9 Å². The number of aliphatic hydroxyl groups is 2. The average Bonchev–Trinajstić information content (AvgIpc) is 2.56. The molecule has 0 aliphatic carbocycles. The van der Waals surface area contributed by atoms with Gasteiger partial charge in [-0.1, -0.05) is 30.3 Å². The van der Waals surface area contributed by atoms with E-state index in [9.17, 15) is 29.7 Å². The van der Waals surface area contributed by atoms with E-state index in [1.54, 1.807) is 24.3 Å². The number of aliphatic hydroxyl groups excluding tert-OH is 2. The Hall–Kier alpha value is -2.29. The highest BCUT2D eigenvalue weighted by Crippen LogP contribution is 2.16. The Labute approximate surface area is 138 Å². The number of benzene rings is 1. The van der Waals surface area contributed by atoms with Crippen LogP contribution in [0.4, 0.5) is 0 Å². The van der Waals surface area contributed by atoms with E-state index in [0.29, 0.717) is 0 Å². The molecule has 1 fully saturated rings. The van der Waals surface area contributed by atoms with Gasteiger partial charge in [0.05, 0.1) is 12.6 Å². The number of carboxylic acids is 1. The van der Waals surface area contributed by atoms with Crippen molar-refractivity contribution in [3.8, 4) is 0 Å². The zero-order valence-electron chi connectivity index (χ0n) is 12.8. The number of ketones is 1. The van der Waals surface area contributed by atoms with Crippen molar-refractivity contribution in [2.75, 3.05) is 6.54 Å². The molecule has 4 N–H and O–H groups in total. The highest BCUT2D eigenvalue weighted by atomic mass is 16.6. The van der Waals surface area contributed by atoms with E-state index in [0.717, 1.165) is 5.56 Å². The molecular weight excluding hydrogens is 318 g/mol. The second kappa shape index (κ2) is 8.00. The fourth-order valence-electron chi connectivity index (χ4n) is 2.39. The van der Waals surface area contributed by atoms with E-state index in [4.69, 9.17) is 4.74 Å². The van der Waals surface area contributed by atoms with Crippen LogP contribution < -0.4 is 5.32 Å². The first-order valence-electron chi connectivity index (χ1n) is 7.48. The molecule has 8 heteroatoms. The largest absolute Gasteiger partial charge is 0.480 e. The van der Waals surface area contributed by atoms with Gasteiger partial charge in [-0.05, 0) is 12.0 Å². The van der Waals surface area contributed by atoms with Crippen LogP contribution >= 0.6 is 0 Å². The zero-order valence-corrected chi connectivity index (χ0v) is 12.8. The third-order valence-corrected chi connectivity index (χ3v) is 3.78.